The van der Waals surface area contributed by atoms with E-state index < -0.39 is 11.9 Å². The van der Waals surface area contributed by atoms with Gasteiger partial charge in [0.1, 0.15) is 5.75 Å². The second-order valence-electron chi connectivity index (χ2n) is 5.70. The fourth-order valence-corrected chi connectivity index (χ4v) is 2.65. The van der Waals surface area contributed by atoms with Crippen LogP contribution in [0.4, 0.5) is 10.5 Å². The van der Waals surface area contributed by atoms with E-state index in [0.717, 1.165) is 16.9 Å². The lowest BCUT2D eigenvalue weighted by Gasteiger charge is -2.07. The highest BCUT2D eigenvalue weighted by Gasteiger charge is 2.16. The van der Waals surface area contributed by atoms with E-state index in [4.69, 9.17) is 16.2 Å². The normalized spacial score (nSPS) is 10.4. The molecule has 0 aliphatic rings. The van der Waals surface area contributed by atoms with Gasteiger partial charge >= 0.3 is 6.03 Å². The molecule has 5 N–H and O–H groups in total. The first-order chi connectivity index (χ1) is 13.0. The lowest BCUT2D eigenvalue weighted by Crippen LogP contribution is -2.22. The van der Waals surface area contributed by atoms with E-state index in [-0.39, 0.29) is 11.4 Å². The molecule has 0 saturated heterocycles. The Morgan fingerprint density at radius 2 is 1.85 bits per heavy atom. The number of anilines is 1. The number of benzene rings is 2. The maximum atomic E-state index is 11.6. The highest BCUT2D eigenvalue weighted by atomic mass is 16.5. The molecule has 3 aromatic rings. The van der Waals surface area contributed by atoms with Crippen LogP contribution >= 0.6 is 0 Å². The average Bonchev–Trinajstić information content (AvgIpc) is 3.06. The van der Waals surface area contributed by atoms with Gasteiger partial charge in [0.05, 0.1) is 24.2 Å². The summed E-state index contributed by atoms with van der Waals surface area (Å²) >= 11 is 0. The first kappa shape index (κ1) is 18.0. The van der Waals surface area contributed by atoms with Crippen molar-refractivity contribution in [3.63, 3.8) is 0 Å². The second kappa shape index (κ2) is 7.61. The summed E-state index contributed by atoms with van der Waals surface area (Å²) in [5, 5.41) is 6.51. The topological polar surface area (TPSA) is 125 Å². The van der Waals surface area contributed by atoms with E-state index in [1.807, 2.05) is 55.5 Å². The Bertz CT molecular complexity index is 979. The predicted octanol–water partition coefficient (Wildman–Crippen LogP) is 2.53. The standard InChI is InChI=1S/C19H19N5O3/c1-2-27-15-8-6-12(7-9-15)13-4-3-5-14(10-13)24-11-16(22-19(21)26)17(23-24)18(20)25/h3-11H,2H2,1H3,(H2,20,25)(H3,21,22,26). The van der Waals surface area contributed by atoms with E-state index in [1.54, 1.807) is 0 Å². The number of primary amides is 2. The van der Waals surface area contributed by atoms with Crippen LogP contribution in [0.2, 0.25) is 0 Å². The monoisotopic (exact) mass is 365 g/mol. The molecule has 1 aromatic heterocycles. The Labute approximate surface area is 155 Å². The van der Waals surface area contributed by atoms with Gasteiger partial charge in [-0.05, 0) is 42.3 Å². The molecule has 0 spiro atoms. The Hall–Kier alpha value is -3.81. The lowest BCUT2D eigenvalue weighted by molar-refractivity contribution is 0.0996. The summed E-state index contributed by atoms with van der Waals surface area (Å²) < 4.78 is 6.92. The number of nitrogens with zero attached hydrogens (tertiary/aromatic N) is 2. The number of aromatic nitrogens is 2. The minimum atomic E-state index is -0.805. The summed E-state index contributed by atoms with van der Waals surface area (Å²) in [4.78, 5) is 22.7. The second-order valence-corrected chi connectivity index (χ2v) is 5.70. The summed E-state index contributed by atoms with van der Waals surface area (Å²) in [6.07, 6.45) is 1.49. The van der Waals surface area contributed by atoms with E-state index in [0.29, 0.717) is 12.3 Å². The Balaban J connectivity index is 1.95. The molecule has 0 fully saturated rings. The van der Waals surface area contributed by atoms with Gasteiger partial charge in [-0.25, -0.2) is 9.48 Å². The van der Waals surface area contributed by atoms with Gasteiger partial charge in [0.25, 0.3) is 5.91 Å². The van der Waals surface area contributed by atoms with Crippen LogP contribution in [-0.2, 0) is 0 Å². The van der Waals surface area contributed by atoms with Crippen molar-refractivity contribution in [3.05, 3.63) is 60.4 Å². The van der Waals surface area contributed by atoms with Crippen molar-refractivity contribution in [2.75, 3.05) is 11.9 Å². The molecular weight excluding hydrogens is 346 g/mol. The van der Waals surface area contributed by atoms with Crippen LogP contribution in [0.1, 0.15) is 17.4 Å². The molecule has 8 heteroatoms. The molecule has 0 unspecified atom stereocenters. The van der Waals surface area contributed by atoms with E-state index in [9.17, 15) is 9.59 Å². The van der Waals surface area contributed by atoms with Crippen LogP contribution in [0.15, 0.2) is 54.7 Å². The van der Waals surface area contributed by atoms with Gasteiger partial charge in [-0.2, -0.15) is 5.10 Å². The predicted molar refractivity (Wildman–Crippen MR) is 102 cm³/mol. The van der Waals surface area contributed by atoms with E-state index >= 15 is 0 Å². The highest BCUT2D eigenvalue weighted by Crippen LogP contribution is 2.25. The van der Waals surface area contributed by atoms with Crippen molar-refractivity contribution in [3.8, 4) is 22.6 Å². The molecule has 3 amide bonds. The molecule has 0 aliphatic carbocycles. The quantitative estimate of drug-likeness (QED) is 0.620. The molecule has 0 radical (unpaired) electrons. The summed E-state index contributed by atoms with van der Waals surface area (Å²) in [5.41, 5.74) is 13.2. The number of carbonyl (C=O) groups is 2. The lowest BCUT2D eigenvalue weighted by atomic mass is 10.1. The first-order valence-electron chi connectivity index (χ1n) is 8.27. The first-order valence-corrected chi connectivity index (χ1v) is 8.27. The maximum Gasteiger partial charge on any atom is 0.316 e. The Kier molecular flexibility index (Phi) is 5.07. The SMILES string of the molecule is CCOc1ccc(-c2cccc(-n3cc(NC(N)=O)c(C(N)=O)n3)c2)cc1. The smallest absolute Gasteiger partial charge is 0.316 e. The third-order valence-electron chi connectivity index (χ3n) is 3.81. The van der Waals surface area contributed by atoms with Crippen LogP contribution in [0.25, 0.3) is 16.8 Å². The zero-order valence-electron chi connectivity index (χ0n) is 14.7. The molecule has 0 aliphatic heterocycles. The van der Waals surface area contributed by atoms with Gasteiger partial charge in [0.2, 0.25) is 0 Å². The number of ether oxygens (including phenoxy) is 1. The van der Waals surface area contributed by atoms with Gasteiger partial charge in [-0.15, -0.1) is 0 Å². The zero-order chi connectivity index (χ0) is 19.4. The fourth-order valence-electron chi connectivity index (χ4n) is 2.65. The van der Waals surface area contributed by atoms with Crippen molar-refractivity contribution in [2.45, 2.75) is 6.92 Å². The molecule has 3 rings (SSSR count). The molecule has 0 bridgehead atoms. The highest BCUT2D eigenvalue weighted by molar-refractivity contribution is 6.00. The van der Waals surface area contributed by atoms with Gasteiger partial charge in [0.15, 0.2) is 5.69 Å². The number of hydrogen-bond acceptors (Lipinski definition) is 4. The number of carbonyl (C=O) groups excluding carboxylic acids is 2. The fraction of sp³-hybridized carbons (Fsp3) is 0.105. The van der Waals surface area contributed by atoms with Crippen LogP contribution in [0.5, 0.6) is 5.75 Å². The molecule has 1 heterocycles. The van der Waals surface area contributed by atoms with Crippen molar-refractivity contribution in [2.24, 2.45) is 11.5 Å². The summed E-state index contributed by atoms with van der Waals surface area (Å²) in [5.74, 6) is 0.0397. The molecule has 27 heavy (non-hydrogen) atoms. The summed E-state index contributed by atoms with van der Waals surface area (Å²) in [6, 6.07) is 14.5. The third kappa shape index (κ3) is 4.06. The number of nitrogens with two attached hydrogens (primary N) is 2. The van der Waals surface area contributed by atoms with E-state index in [2.05, 4.69) is 10.4 Å². The summed E-state index contributed by atoms with van der Waals surface area (Å²) in [7, 11) is 0. The van der Waals surface area contributed by atoms with Gasteiger partial charge < -0.3 is 21.5 Å². The summed E-state index contributed by atoms with van der Waals surface area (Å²) in [6.45, 7) is 2.54. The Morgan fingerprint density at radius 3 is 2.48 bits per heavy atom. The van der Waals surface area contributed by atoms with Crippen LogP contribution in [0.3, 0.4) is 0 Å². The molecule has 2 aromatic carbocycles. The van der Waals surface area contributed by atoms with Crippen molar-refractivity contribution in [1.29, 1.82) is 0 Å². The number of rotatable bonds is 6. The number of nitrogens with one attached hydrogen (secondary N) is 1. The molecule has 0 atom stereocenters. The molecular formula is C19H19N5O3. The van der Waals surface area contributed by atoms with Crippen molar-refractivity contribution in [1.82, 2.24) is 9.78 Å². The molecule has 8 nitrogen and oxygen atoms in total. The molecule has 138 valence electrons. The number of urea groups is 1. The van der Waals surface area contributed by atoms with Gasteiger partial charge in [0, 0.05) is 0 Å². The third-order valence-corrected chi connectivity index (χ3v) is 3.81. The molecule has 0 saturated carbocycles. The van der Waals surface area contributed by atoms with Gasteiger partial charge in [-0.3, -0.25) is 4.79 Å². The van der Waals surface area contributed by atoms with Crippen LogP contribution in [-0.4, -0.2) is 28.3 Å². The number of hydrogen-bond donors (Lipinski definition) is 3. The Morgan fingerprint density at radius 1 is 1.11 bits per heavy atom. The largest absolute Gasteiger partial charge is 0.494 e. The number of amides is 3. The van der Waals surface area contributed by atoms with Gasteiger partial charge in [-0.1, -0.05) is 24.3 Å². The van der Waals surface area contributed by atoms with E-state index in [1.165, 1.54) is 10.9 Å². The zero-order valence-corrected chi connectivity index (χ0v) is 14.7. The minimum Gasteiger partial charge on any atom is -0.494 e. The minimum absolute atomic E-state index is 0.0692. The maximum absolute atomic E-state index is 11.6. The van der Waals surface area contributed by atoms with Crippen LogP contribution < -0.4 is 21.5 Å². The average molecular weight is 365 g/mol. The van der Waals surface area contributed by atoms with Crippen molar-refractivity contribution < 1.29 is 14.3 Å². The van der Waals surface area contributed by atoms with Crippen molar-refractivity contribution >= 4 is 17.6 Å². The van der Waals surface area contributed by atoms with Crippen LogP contribution in [0, 0.1) is 0 Å².